The van der Waals surface area contributed by atoms with Crippen LogP contribution in [-0.4, -0.2) is 35.0 Å². The average Bonchev–Trinajstić information content (AvgIpc) is 2.89. The van der Waals surface area contributed by atoms with Crippen LogP contribution in [0.5, 0.6) is 0 Å². The van der Waals surface area contributed by atoms with E-state index < -0.39 is 0 Å². The van der Waals surface area contributed by atoms with E-state index in [9.17, 15) is 0 Å². The van der Waals surface area contributed by atoms with E-state index in [1.807, 2.05) is 18.3 Å². The molecule has 112 valence electrons. The van der Waals surface area contributed by atoms with Crippen LogP contribution < -0.4 is 5.46 Å². The Hall–Kier alpha value is -1.30. The first-order valence-electron chi connectivity index (χ1n) is 7.41. The van der Waals surface area contributed by atoms with Crippen molar-refractivity contribution in [2.45, 2.75) is 45.3 Å². The molecule has 1 saturated heterocycles. The van der Waals surface area contributed by atoms with Crippen LogP contribution in [0, 0.1) is 0 Å². The third kappa shape index (κ3) is 2.29. The van der Waals surface area contributed by atoms with Crippen LogP contribution in [0.2, 0.25) is 0 Å². The first-order valence-corrected chi connectivity index (χ1v) is 7.41. The predicted molar refractivity (Wildman–Crippen MR) is 84.8 cm³/mol. The molecule has 0 radical (unpaired) electrons. The number of benzene rings is 1. The summed E-state index contributed by atoms with van der Waals surface area (Å²) in [6, 6.07) is 6.10. The van der Waals surface area contributed by atoms with Gasteiger partial charge in [-0.15, -0.1) is 0 Å². The van der Waals surface area contributed by atoms with E-state index in [-0.39, 0.29) is 24.9 Å². The van der Waals surface area contributed by atoms with Crippen LogP contribution in [0.4, 0.5) is 0 Å². The highest BCUT2D eigenvalue weighted by atomic mass is 16.7. The standard InChI is InChI=1S/C16H22BNO3/c1-15(2)16(3,4)21-17(20-15)13-7-5-6-12-11(8-9-19)10-18-14(12)13/h5-7,10,18-19H,8-9H2,1-4H3. The summed E-state index contributed by atoms with van der Waals surface area (Å²) < 4.78 is 12.3. The molecule has 0 aliphatic carbocycles. The summed E-state index contributed by atoms with van der Waals surface area (Å²) in [6.45, 7) is 8.36. The minimum absolute atomic E-state index is 0.146. The van der Waals surface area contributed by atoms with Crippen molar-refractivity contribution in [1.29, 1.82) is 0 Å². The minimum Gasteiger partial charge on any atom is -0.399 e. The van der Waals surface area contributed by atoms with Crippen molar-refractivity contribution in [3.05, 3.63) is 30.0 Å². The van der Waals surface area contributed by atoms with Crippen molar-refractivity contribution in [1.82, 2.24) is 4.98 Å². The van der Waals surface area contributed by atoms with Gasteiger partial charge < -0.3 is 19.4 Å². The highest BCUT2D eigenvalue weighted by molar-refractivity contribution is 6.65. The molecular formula is C16H22BNO3. The number of H-pyrrole nitrogens is 1. The molecule has 1 aliphatic heterocycles. The Balaban J connectivity index is 2.03. The Kier molecular flexibility index (Phi) is 3.39. The van der Waals surface area contributed by atoms with Gasteiger partial charge in [-0.2, -0.15) is 0 Å². The number of aromatic nitrogens is 1. The van der Waals surface area contributed by atoms with Crippen molar-refractivity contribution < 1.29 is 14.4 Å². The van der Waals surface area contributed by atoms with E-state index in [1.165, 1.54) is 0 Å². The molecule has 0 bridgehead atoms. The zero-order valence-electron chi connectivity index (χ0n) is 13.1. The van der Waals surface area contributed by atoms with Crippen LogP contribution >= 0.6 is 0 Å². The van der Waals surface area contributed by atoms with Gasteiger partial charge in [-0.25, -0.2) is 0 Å². The highest BCUT2D eigenvalue weighted by Gasteiger charge is 2.52. The molecule has 3 rings (SSSR count). The van der Waals surface area contributed by atoms with Gasteiger partial charge in [0.05, 0.1) is 11.2 Å². The van der Waals surface area contributed by atoms with E-state index in [1.54, 1.807) is 0 Å². The Labute approximate surface area is 125 Å². The first kappa shape index (κ1) is 14.6. The maximum absolute atomic E-state index is 9.15. The Morgan fingerprint density at radius 1 is 1.14 bits per heavy atom. The molecular weight excluding hydrogens is 265 g/mol. The Morgan fingerprint density at radius 2 is 1.81 bits per heavy atom. The number of aliphatic hydroxyl groups is 1. The summed E-state index contributed by atoms with van der Waals surface area (Å²) in [5.74, 6) is 0. The molecule has 1 aromatic heterocycles. The lowest BCUT2D eigenvalue weighted by atomic mass is 9.77. The number of aromatic amines is 1. The smallest absolute Gasteiger partial charge is 0.399 e. The van der Waals surface area contributed by atoms with Gasteiger partial charge in [0.25, 0.3) is 0 Å². The quantitative estimate of drug-likeness (QED) is 0.849. The van der Waals surface area contributed by atoms with Crippen molar-refractivity contribution in [2.75, 3.05) is 6.61 Å². The van der Waals surface area contributed by atoms with Crippen LogP contribution in [0.3, 0.4) is 0 Å². The second-order valence-electron chi connectivity index (χ2n) is 6.65. The fourth-order valence-electron chi connectivity index (χ4n) is 2.73. The molecule has 4 nitrogen and oxygen atoms in total. The van der Waals surface area contributed by atoms with Gasteiger partial charge >= 0.3 is 7.12 Å². The molecule has 0 saturated carbocycles. The molecule has 0 amide bonds. The molecule has 1 fully saturated rings. The van der Waals surface area contributed by atoms with Crippen molar-refractivity contribution in [3.8, 4) is 0 Å². The Morgan fingerprint density at radius 3 is 2.43 bits per heavy atom. The predicted octanol–water partition coefficient (Wildman–Crippen LogP) is 2.00. The fourth-order valence-corrected chi connectivity index (χ4v) is 2.73. The normalized spacial score (nSPS) is 20.3. The van der Waals surface area contributed by atoms with E-state index in [4.69, 9.17) is 14.4 Å². The zero-order valence-corrected chi connectivity index (χ0v) is 13.1. The molecule has 0 atom stereocenters. The van der Waals surface area contributed by atoms with Gasteiger partial charge in [0.15, 0.2) is 0 Å². The topological polar surface area (TPSA) is 54.5 Å². The maximum Gasteiger partial charge on any atom is 0.497 e. The first-order chi connectivity index (χ1) is 9.86. The largest absolute Gasteiger partial charge is 0.497 e. The number of hydrogen-bond acceptors (Lipinski definition) is 3. The molecule has 1 aliphatic rings. The summed E-state index contributed by atoms with van der Waals surface area (Å²) in [6.07, 6.45) is 2.60. The van der Waals surface area contributed by atoms with E-state index in [0.717, 1.165) is 21.9 Å². The molecule has 5 heteroatoms. The van der Waals surface area contributed by atoms with E-state index >= 15 is 0 Å². The summed E-state index contributed by atoms with van der Waals surface area (Å²) in [4.78, 5) is 3.30. The van der Waals surface area contributed by atoms with Crippen molar-refractivity contribution in [2.24, 2.45) is 0 Å². The number of para-hydroxylation sites is 1. The molecule has 21 heavy (non-hydrogen) atoms. The monoisotopic (exact) mass is 287 g/mol. The molecule has 1 aromatic carbocycles. The lowest BCUT2D eigenvalue weighted by Crippen LogP contribution is -2.41. The SMILES string of the molecule is CC1(C)OB(c2cccc3c(CCO)c[nH]c23)OC1(C)C. The number of hydrogen-bond donors (Lipinski definition) is 2. The summed E-state index contributed by atoms with van der Waals surface area (Å²) in [5.41, 5.74) is 2.46. The lowest BCUT2D eigenvalue weighted by Gasteiger charge is -2.32. The van der Waals surface area contributed by atoms with E-state index in [0.29, 0.717) is 6.42 Å². The molecule has 0 unspecified atom stereocenters. The number of nitrogens with one attached hydrogen (secondary N) is 1. The second kappa shape index (κ2) is 4.87. The maximum atomic E-state index is 9.15. The van der Waals surface area contributed by atoms with Crippen LogP contribution in [0.25, 0.3) is 10.9 Å². The van der Waals surface area contributed by atoms with Gasteiger partial charge in [0.2, 0.25) is 0 Å². The van der Waals surface area contributed by atoms with Gasteiger partial charge in [-0.05, 0) is 39.7 Å². The highest BCUT2D eigenvalue weighted by Crippen LogP contribution is 2.37. The number of aliphatic hydroxyl groups excluding tert-OH is 1. The van der Waals surface area contributed by atoms with E-state index in [2.05, 4.69) is 38.7 Å². The average molecular weight is 287 g/mol. The Bertz CT molecular complexity index is 647. The molecule has 2 heterocycles. The summed E-state index contributed by atoms with van der Waals surface area (Å²) in [7, 11) is -0.376. The van der Waals surface area contributed by atoms with Gasteiger partial charge in [-0.1, -0.05) is 18.2 Å². The summed E-state index contributed by atoms with van der Waals surface area (Å²) >= 11 is 0. The third-order valence-electron chi connectivity index (χ3n) is 4.72. The van der Waals surface area contributed by atoms with Crippen LogP contribution in [0.15, 0.2) is 24.4 Å². The number of rotatable bonds is 3. The van der Waals surface area contributed by atoms with Crippen LogP contribution in [0.1, 0.15) is 33.3 Å². The zero-order chi connectivity index (χ0) is 15.3. The van der Waals surface area contributed by atoms with Gasteiger partial charge in [0.1, 0.15) is 0 Å². The van der Waals surface area contributed by atoms with Gasteiger partial charge in [0, 0.05) is 29.2 Å². The number of fused-ring (bicyclic) bond motifs is 1. The van der Waals surface area contributed by atoms with Crippen molar-refractivity contribution >= 4 is 23.5 Å². The minimum atomic E-state index is -0.376. The third-order valence-corrected chi connectivity index (χ3v) is 4.72. The van der Waals surface area contributed by atoms with Gasteiger partial charge in [-0.3, -0.25) is 0 Å². The van der Waals surface area contributed by atoms with Crippen molar-refractivity contribution in [3.63, 3.8) is 0 Å². The lowest BCUT2D eigenvalue weighted by molar-refractivity contribution is 0.00578. The molecule has 2 N–H and O–H groups in total. The summed E-state index contributed by atoms with van der Waals surface area (Å²) in [5, 5.41) is 10.3. The second-order valence-corrected chi connectivity index (χ2v) is 6.65. The van der Waals surface area contributed by atoms with Crippen LogP contribution in [-0.2, 0) is 15.7 Å². The fraction of sp³-hybridized carbons (Fsp3) is 0.500. The molecule has 0 spiro atoms. The molecule has 2 aromatic rings.